The normalized spacial score (nSPS) is 16.6. The maximum Gasteiger partial charge on any atom is 0.487 e. The predicted octanol–water partition coefficient (Wildman–Crippen LogP) is 0.805. The van der Waals surface area contributed by atoms with E-state index in [0.29, 0.717) is 0 Å². The van der Waals surface area contributed by atoms with E-state index in [0.717, 1.165) is 25.2 Å². The van der Waals surface area contributed by atoms with Gasteiger partial charge in [0.1, 0.15) is 5.76 Å². The zero-order valence-electron chi connectivity index (χ0n) is 7.44. The topological polar surface area (TPSA) is 49.7 Å². The highest BCUT2D eigenvalue weighted by atomic mass is 16.5. The van der Waals surface area contributed by atoms with Crippen molar-refractivity contribution < 1.29 is 14.8 Å². The quantitative estimate of drug-likeness (QED) is 0.499. The first-order chi connectivity index (χ1) is 6.20. The van der Waals surface area contributed by atoms with Crippen LogP contribution < -0.4 is 0 Å². The van der Waals surface area contributed by atoms with Gasteiger partial charge in [0, 0.05) is 0 Å². The molecule has 70 valence electrons. The monoisotopic (exact) mass is 180 g/mol. The van der Waals surface area contributed by atoms with Gasteiger partial charge in [-0.15, -0.1) is 0 Å². The minimum Gasteiger partial charge on any atom is -0.494 e. The van der Waals surface area contributed by atoms with Crippen LogP contribution in [-0.2, 0) is 4.74 Å². The fourth-order valence-electron chi connectivity index (χ4n) is 0.968. The molecule has 0 saturated carbocycles. The third kappa shape index (κ3) is 3.48. The second-order valence-corrected chi connectivity index (χ2v) is 2.88. The molecule has 1 heterocycles. The van der Waals surface area contributed by atoms with Gasteiger partial charge in [0.25, 0.3) is 0 Å². The summed E-state index contributed by atoms with van der Waals surface area (Å²) < 4.78 is 5.28. The van der Waals surface area contributed by atoms with E-state index in [1.165, 1.54) is 0 Å². The zero-order valence-corrected chi connectivity index (χ0v) is 7.44. The number of rotatable bonds is 3. The first-order valence-corrected chi connectivity index (χ1v) is 4.26. The largest absolute Gasteiger partial charge is 0.494 e. The van der Waals surface area contributed by atoms with Gasteiger partial charge in [0.15, 0.2) is 0 Å². The fourth-order valence-corrected chi connectivity index (χ4v) is 0.968. The molecule has 4 heteroatoms. The Balaban J connectivity index is 2.47. The van der Waals surface area contributed by atoms with Gasteiger partial charge in [-0.3, -0.25) is 0 Å². The fraction of sp³-hybridized carbons (Fsp3) is 0.333. The van der Waals surface area contributed by atoms with Gasteiger partial charge in [0.2, 0.25) is 0 Å². The van der Waals surface area contributed by atoms with Crippen molar-refractivity contribution in [2.45, 2.75) is 12.8 Å². The van der Waals surface area contributed by atoms with E-state index in [1.54, 1.807) is 12.2 Å². The first kappa shape index (κ1) is 10.1. The molecular weight excluding hydrogens is 167 g/mol. The van der Waals surface area contributed by atoms with Crippen LogP contribution in [0.2, 0.25) is 0 Å². The van der Waals surface area contributed by atoms with Crippen molar-refractivity contribution in [1.29, 1.82) is 0 Å². The highest BCUT2D eigenvalue weighted by molar-refractivity contribution is 6.51. The smallest absolute Gasteiger partial charge is 0.487 e. The standard InChI is InChI=1S/C9H13BO3/c1-8(10(11)12)5-6-9-4-2-3-7-13-9/h4-6,11-12H,1-3,7H2/b6-5-. The highest BCUT2D eigenvalue weighted by Crippen LogP contribution is 2.11. The first-order valence-electron chi connectivity index (χ1n) is 4.26. The van der Waals surface area contributed by atoms with Crippen LogP contribution in [0.1, 0.15) is 12.8 Å². The van der Waals surface area contributed by atoms with Crippen LogP contribution in [0.15, 0.2) is 36.0 Å². The molecule has 0 spiro atoms. The second-order valence-electron chi connectivity index (χ2n) is 2.88. The Labute approximate surface area is 78.2 Å². The Morgan fingerprint density at radius 2 is 2.38 bits per heavy atom. The number of hydrogen-bond donors (Lipinski definition) is 2. The van der Waals surface area contributed by atoms with Crippen LogP contribution in [0.5, 0.6) is 0 Å². The number of allylic oxidation sites excluding steroid dienone is 4. The molecule has 0 saturated heterocycles. The summed E-state index contributed by atoms with van der Waals surface area (Å²) in [5.74, 6) is 0.771. The third-order valence-corrected chi connectivity index (χ3v) is 1.76. The van der Waals surface area contributed by atoms with Crippen molar-refractivity contribution in [1.82, 2.24) is 0 Å². The van der Waals surface area contributed by atoms with Gasteiger partial charge < -0.3 is 14.8 Å². The van der Waals surface area contributed by atoms with Gasteiger partial charge in [-0.05, 0) is 30.5 Å². The summed E-state index contributed by atoms with van der Waals surface area (Å²) in [7, 11) is -1.49. The molecule has 1 aliphatic heterocycles. The van der Waals surface area contributed by atoms with Crippen molar-refractivity contribution in [3.05, 3.63) is 36.0 Å². The predicted molar refractivity (Wildman–Crippen MR) is 51.7 cm³/mol. The minimum atomic E-state index is -1.49. The van der Waals surface area contributed by atoms with Gasteiger partial charge in [0.05, 0.1) is 6.61 Å². The van der Waals surface area contributed by atoms with Gasteiger partial charge >= 0.3 is 7.12 Å². The third-order valence-electron chi connectivity index (χ3n) is 1.76. The molecule has 2 N–H and O–H groups in total. The summed E-state index contributed by atoms with van der Waals surface area (Å²) in [6.45, 7) is 4.20. The van der Waals surface area contributed by atoms with E-state index < -0.39 is 7.12 Å². The van der Waals surface area contributed by atoms with Crippen LogP contribution in [0.4, 0.5) is 0 Å². The van der Waals surface area contributed by atoms with Gasteiger partial charge in [-0.2, -0.15) is 0 Å². The zero-order chi connectivity index (χ0) is 9.68. The van der Waals surface area contributed by atoms with E-state index in [4.69, 9.17) is 14.8 Å². The Kier molecular flexibility index (Phi) is 3.80. The SMILES string of the molecule is C=C(/C=C\C1=CCCCO1)B(O)O. The maximum absolute atomic E-state index is 8.69. The number of ether oxygens (including phenoxy) is 1. The molecule has 0 bridgehead atoms. The molecule has 0 radical (unpaired) electrons. The summed E-state index contributed by atoms with van der Waals surface area (Å²) in [5.41, 5.74) is 0.259. The second kappa shape index (κ2) is 4.89. The molecule has 0 fully saturated rings. The molecular formula is C9H13BO3. The van der Waals surface area contributed by atoms with Crippen LogP contribution >= 0.6 is 0 Å². The molecule has 3 nitrogen and oxygen atoms in total. The van der Waals surface area contributed by atoms with Crippen molar-refractivity contribution in [2.24, 2.45) is 0 Å². The summed E-state index contributed by atoms with van der Waals surface area (Å²) in [6.07, 6.45) is 7.26. The molecule has 1 rings (SSSR count). The van der Waals surface area contributed by atoms with Crippen molar-refractivity contribution in [3.8, 4) is 0 Å². The summed E-state index contributed by atoms with van der Waals surface area (Å²) in [6, 6.07) is 0. The van der Waals surface area contributed by atoms with Crippen molar-refractivity contribution >= 4 is 7.12 Å². The van der Waals surface area contributed by atoms with Gasteiger partial charge in [-0.25, -0.2) is 0 Å². The molecule has 1 aliphatic rings. The Morgan fingerprint density at radius 3 is 2.92 bits per heavy atom. The van der Waals surface area contributed by atoms with Gasteiger partial charge in [-0.1, -0.05) is 12.7 Å². The van der Waals surface area contributed by atoms with Crippen molar-refractivity contribution in [2.75, 3.05) is 6.61 Å². The summed E-state index contributed by atoms with van der Waals surface area (Å²) in [5, 5.41) is 17.4. The Morgan fingerprint density at radius 1 is 1.62 bits per heavy atom. The Bertz CT molecular complexity index is 243. The van der Waals surface area contributed by atoms with Crippen LogP contribution in [-0.4, -0.2) is 23.8 Å². The molecule has 0 atom stereocenters. The average Bonchev–Trinajstić information content (AvgIpc) is 2.15. The van der Waals surface area contributed by atoms with E-state index in [9.17, 15) is 0 Å². The molecule has 0 unspecified atom stereocenters. The molecule has 0 aromatic heterocycles. The Hall–Kier alpha value is -0.995. The lowest BCUT2D eigenvalue weighted by atomic mass is 9.80. The molecule has 0 aromatic rings. The van der Waals surface area contributed by atoms with E-state index in [2.05, 4.69) is 6.58 Å². The van der Waals surface area contributed by atoms with Crippen molar-refractivity contribution in [3.63, 3.8) is 0 Å². The summed E-state index contributed by atoms with van der Waals surface area (Å²) >= 11 is 0. The van der Waals surface area contributed by atoms with E-state index in [-0.39, 0.29) is 5.47 Å². The molecule has 0 amide bonds. The number of hydrogen-bond acceptors (Lipinski definition) is 3. The lowest BCUT2D eigenvalue weighted by Gasteiger charge is -2.11. The van der Waals surface area contributed by atoms with E-state index >= 15 is 0 Å². The highest BCUT2D eigenvalue weighted by Gasteiger charge is 2.08. The van der Waals surface area contributed by atoms with Crippen LogP contribution in [0.3, 0.4) is 0 Å². The molecule has 13 heavy (non-hydrogen) atoms. The lowest BCUT2D eigenvalue weighted by molar-refractivity contribution is 0.206. The minimum absolute atomic E-state index is 0.259. The molecule has 0 aromatic carbocycles. The maximum atomic E-state index is 8.69. The lowest BCUT2D eigenvalue weighted by Crippen LogP contribution is -2.12. The van der Waals surface area contributed by atoms with Crippen LogP contribution in [0.25, 0.3) is 0 Å². The molecule has 0 aliphatic carbocycles. The summed E-state index contributed by atoms with van der Waals surface area (Å²) in [4.78, 5) is 0. The van der Waals surface area contributed by atoms with Crippen LogP contribution in [0, 0.1) is 0 Å². The van der Waals surface area contributed by atoms with E-state index in [1.807, 2.05) is 6.08 Å². The average molecular weight is 180 g/mol.